The average Bonchev–Trinajstić information content (AvgIpc) is 2.61. The monoisotopic (exact) mass is 489 g/mol. The molecule has 1 amide bonds. The van der Waals surface area contributed by atoms with Crippen molar-refractivity contribution in [3.63, 3.8) is 0 Å². The second-order valence-corrected chi connectivity index (χ2v) is 6.93. The Kier molecular flexibility index (Phi) is 7.10. The van der Waals surface area contributed by atoms with Crippen LogP contribution in [0.2, 0.25) is 5.02 Å². The van der Waals surface area contributed by atoms with E-state index in [1.165, 1.54) is 26.4 Å². The lowest BCUT2D eigenvalue weighted by Gasteiger charge is -2.12. The number of anilines is 1. The number of aryl methyl sites for hydroxylation is 1. The number of ether oxygens (including phenoxy) is 3. The van der Waals surface area contributed by atoms with Crippen LogP contribution < -0.4 is 14.8 Å². The first-order valence-electron chi connectivity index (χ1n) is 7.50. The molecular formula is C18H17ClINO5. The van der Waals surface area contributed by atoms with Gasteiger partial charge in [-0.25, -0.2) is 4.79 Å². The second-order valence-electron chi connectivity index (χ2n) is 5.28. The van der Waals surface area contributed by atoms with Gasteiger partial charge < -0.3 is 19.5 Å². The Labute approximate surface area is 169 Å². The predicted molar refractivity (Wildman–Crippen MR) is 107 cm³/mol. The van der Waals surface area contributed by atoms with Gasteiger partial charge in [0, 0.05) is 9.26 Å². The van der Waals surface area contributed by atoms with Gasteiger partial charge in [0.05, 0.1) is 24.8 Å². The zero-order valence-corrected chi connectivity index (χ0v) is 17.3. The lowest BCUT2D eigenvalue weighted by atomic mass is 10.2. The number of hydrogen-bond donors (Lipinski definition) is 1. The third kappa shape index (κ3) is 5.01. The minimum atomic E-state index is -0.692. The summed E-state index contributed by atoms with van der Waals surface area (Å²) in [6, 6.07) is 8.44. The van der Waals surface area contributed by atoms with Crippen LogP contribution in [0.5, 0.6) is 11.5 Å². The van der Waals surface area contributed by atoms with Crippen molar-refractivity contribution in [2.24, 2.45) is 0 Å². The molecule has 0 aromatic heterocycles. The zero-order valence-electron chi connectivity index (χ0n) is 14.4. The van der Waals surface area contributed by atoms with Gasteiger partial charge in [0.2, 0.25) is 0 Å². The van der Waals surface area contributed by atoms with Crippen molar-refractivity contribution in [1.29, 1.82) is 0 Å². The molecule has 0 unspecified atom stereocenters. The summed E-state index contributed by atoms with van der Waals surface area (Å²) in [5.74, 6) is -0.514. The van der Waals surface area contributed by atoms with Gasteiger partial charge in [-0.1, -0.05) is 11.6 Å². The molecule has 0 aliphatic heterocycles. The largest absolute Gasteiger partial charge is 0.493 e. The van der Waals surface area contributed by atoms with Crippen LogP contribution in [0, 0.1) is 10.5 Å². The Morgan fingerprint density at radius 3 is 2.50 bits per heavy atom. The fourth-order valence-electron chi connectivity index (χ4n) is 2.20. The Balaban J connectivity index is 2.02. The van der Waals surface area contributed by atoms with E-state index < -0.39 is 18.5 Å². The molecule has 2 aromatic rings. The molecule has 6 nitrogen and oxygen atoms in total. The summed E-state index contributed by atoms with van der Waals surface area (Å²) in [6.45, 7) is 1.46. The molecule has 0 fully saturated rings. The molecular weight excluding hydrogens is 473 g/mol. The SMILES string of the molecule is COc1cc(C(=O)OCC(=O)Nc2ccc(I)cc2C)cc(Cl)c1OC. The third-order valence-corrected chi connectivity index (χ3v) is 4.42. The maximum absolute atomic E-state index is 12.2. The molecule has 2 aromatic carbocycles. The summed E-state index contributed by atoms with van der Waals surface area (Å²) < 4.78 is 16.4. The van der Waals surface area contributed by atoms with E-state index in [0.29, 0.717) is 17.2 Å². The highest BCUT2D eigenvalue weighted by atomic mass is 127. The zero-order chi connectivity index (χ0) is 19.3. The first-order chi connectivity index (χ1) is 12.3. The average molecular weight is 490 g/mol. The molecule has 0 saturated heterocycles. The van der Waals surface area contributed by atoms with Crippen molar-refractivity contribution in [3.8, 4) is 11.5 Å². The van der Waals surface area contributed by atoms with Gasteiger partial charge in [0.1, 0.15) is 0 Å². The number of amides is 1. The maximum Gasteiger partial charge on any atom is 0.338 e. The number of carbonyl (C=O) groups is 2. The van der Waals surface area contributed by atoms with Gasteiger partial charge in [-0.3, -0.25) is 4.79 Å². The first kappa shape index (κ1) is 20.3. The molecule has 26 heavy (non-hydrogen) atoms. The Bertz CT molecular complexity index is 841. The van der Waals surface area contributed by atoms with Crippen LogP contribution in [0.15, 0.2) is 30.3 Å². The summed E-state index contributed by atoms with van der Waals surface area (Å²) in [4.78, 5) is 24.2. The smallest absolute Gasteiger partial charge is 0.338 e. The highest BCUT2D eigenvalue weighted by molar-refractivity contribution is 14.1. The van der Waals surface area contributed by atoms with E-state index in [-0.39, 0.29) is 10.6 Å². The van der Waals surface area contributed by atoms with Crippen molar-refractivity contribution in [3.05, 3.63) is 50.1 Å². The van der Waals surface area contributed by atoms with Crippen molar-refractivity contribution in [1.82, 2.24) is 0 Å². The normalized spacial score (nSPS) is 10.2. The molecule has 138 valence electrons. The predicted octanol–water partition coefficient (Wildman–Crippen LogP) is 4.07. The van der Waals surface area contributed by atoms with E-state index in [9.17, 15) is 9.59 Å². The first-order valence-corrected chi connectivity index (χ1v) is 8.96. The molecule has 0 heterocycles. The van der Waals surface area contributed by atoms with Crippen molar-refractivity contribution in [2.75, 3.05) is 26.1 Å². The number of methoxy groups -OCH3 is 2. The molecule has 0 atom stereocenters. The third-order valence-electron chi connectivity index (χ3n) is 3.47. The summed E-state index contributed by atoms with van der Waals surface area (Å²) in [5, 5.41) is 2.91. The molecule has 8 heteroatoms. The van der Waals surface area contributed by atoms with Crippen LogP contribution in [0.25, 0.3) is 0 Å². The van der Waals surface area contributed by atoms with Crippen molar-refractivity contribution in [2.45, 2.75) is 6.92 Å². The highest BCUT2D eigenvalue weighted by Crippen LogP contribution is 2.36. The van der Waals surface area contributed by atoms with Crippen molar-refractivity contribution >= 4 is 51.8 Å². The number of rotatable bonds is 6. The molecule has 1 N–H and O–H groups in total. The van der Waals surface area contributed by atoms with E-state index in [1.807, 2.05) is 19.1 Å². The lowest BCUT2D eigenvalue weighted by Crippen LogP contribution is -2.21. The summed E-state index contributed by atoms with van der Waals surface area (Å²) in [6.07, 6.45) is 0. The van der Waals surface area contributed by atoms with Crippen LogP contribution >= 0.6 is 34.2 Å². The summed E-state index contributed by atoms with van der Waals surface area (Å²) >= 11 is 8.25. The number of benzene rings is 2. The molecule has 0 spiro atoms. The number of carbonyl (C=O) groups excluding carboxylic acids is 2. The quantitative estimate of drug-likeness (QED) is 0.489. The Morgan fingerprint density at radius 2 is 1.88 bits per heavy atom. The molecule has 0 saturated carbocycles. The number of hydrogen-bond acceptors (Lipinski definition) is 5. The number of halogens is 2. The van der Waals surface area contributed by atoms with Crippen LogP contribution in [0.3, 0.4) is 0 Å². The van der Waals surface area contributed by atoms with Gasteiger partial charge in [-0.15, -0.1) is 0 Å². The molecule has 0 radical (unpaired) electrons. The van der Waals surface area contributed by atoms with Gasteiger partial charge in [-0.05, 0) is 65.4 Å². The maximum atomic E-state index is 12.2. The summed E-state index contributed by atoms with van der Waals surface area (Å²) in [7, 11) is 2.87. The van der Waals surface area contributed by atoms with E-state index in [2.05, 4.69) is 27.9 Å². The minimum Gasteiger partial charge on any atom is -0.493 e. The van der Waals surface area contributed by atoms with E-state index in [0.717, 1.165) is 9.13 Å². The standard InChI is InChI=1S/C18H17ClINO5/c1-10-6-12(20)4-5-14(10)21-16(22)9-26-18(23)11-7-13(19)17(25-3)15(8-11)24-2/h4-8H,9H2,1-3H3,(H,21,22). The Morgan fingerprint density at radius 1 is 1.15 bits per heavy atom. The fourth-order valence-corrected chi connectivity index (χ4v) is 3.14. The topological polar surface area (TPSA) is 73.9 Å². The second kappa shape index (κ2) is 9.09. The van der Waals surface area contributed by atoms with E-state index in [1.54, 1.807) is 6.07 Å². The minimum absolute atomic E-state index is 0.158. The number of esters is 1. The molecule has 2 rings (SSSR count). The van der Waals surface area contributed by atoms with Gasteiger partial charge in [-0.2, -0.15) is 0 Å². The highest BCUT2D eigenvalue weighted by Gasteiger charge is 2.17. The van der Waals surface area contributed by atoms with Crippen LogP contribution in [-0.4, -0.2) is 32.7 Å². The van der Waals surface area contributed by atoms with Gasteiger partial charge in [0.25, 0.3) is 5.91 Å². The lowest BCUT2D eigenvalue weighted by molar-refractivity contribution is -0.119. The van der Waals surface area contributed by atoms with Crippen molar-refractivity contribution < 1.29 is 23.8 Å². The van der Waals surface area contributed by atoms with Gasteiger partial charge >= 0.3 is 5.97 Å². The molecule has 0 aliphatic carbocycles. The van der Waals surface area contributed by atoms with Gasteiger partial charge in [0.15, 0.2) is 18.1 Å². The molecule has 0 aliphatic rings. The summed E-state index contributed by atoms with van der Waals surface area (Å²) in [5.41, 5.74) is 1.75. The van der Waals surface area contributed by atoms with E-state index >= 15 is 0 Å². The number of nitrogens with one attached hydrogen (secondary N) is 1. The van der Waals surface area contributed by atoms with Crippen LogP contribution in [0.4, 0.5) is 5.69 Å². The van der Waals surface area contributed by atoms with E-state index in [4.69, 9.17) is 25.8 Å². The fraction of sp³-hybridized carbons (Fsp3) is 0.222. The molecule has 0 bridgehead atoms. The van der Waals surface area contributed by atoms with Crippen LogP contribution in [-0.2, 0) is 9.53 Å². The Hall–Kier alpha value is -2.00. The van der Waals surface area contributed by atoms with Crippen LogP contribution in [0.1, 0.15) is 15.9 Å².